The molecule has 21 heavy (non-hydrogen) atoms. The van der Waals surface area contributed by atoms with Crippen molar-refractivity contribution in [1.29, 1.82) is 0 Å². The van der Waals surface area contributed by atoms with E-state index in [-0.39, 0.29) is 0 Å². The third-order valence-electron chi connectivity index (χ3n) is 4.81. The standard InChI is InChI=1S/C17H32O4/c1-18-13-19-11-15-7-9-16(10-8-15)12-20-14-21-17-5-3-2-4-6-17/h15-17H,2-14H2,1H3. The molecule has 0 N–H and O–H groups in total. The molecule has 2 fully saturated rings. The molecule has 2 rings (SSSR count). The molecule has 0 amide bonds. The first-order valence-electron chi connectivity index (χ1n) is 8.64. The largest absolute Gasteiger partial charge is 0.359 e. The SMILES string of the molecule is COCOCC1CCC(COCOC2CCCCC2)CC1. The number of ether oxygens (including phenoxy) is 4. The zero-order valence-corrected chi connectivity index (χ0v) is 13.6. The van der Waals surface area contributed by atoms with Crippen molar-refractivity contribution < 1.29 is 18.9 Å². The molecule has 2 aliphatic carbocycles. The molecule has 0 unspecified atom stereocenters. The fourth-order valence-electron chi connectivity index (χ4n) is 3.45. The molecular formula is C17H32O4. The maximum atomic E-state index is 5.80. The van der Waals surface area contributed by atoms with Gasteiger partial charge in [-0.1, -0.05) is 19.3 Å². The highest BCUT2D eigenvalue weighted by molar-refractivity contribution is 4.72. The van der Waals surface area contributed by atoms with Gasteiger partial charge in [0.05, 0.1) is 19.3 Å². The van der Waals surface area contributed by atoms with Gasteiger partial charge in [-0.15, -0.1) is 0 Å². The maximum Gasteiger partial charge on any atom is 0.147 e. The van der Waals surface area contributed by atoms with Crippen molar-refractivity contribution in [3.8, 4) is 0 Å². The van der Waals surface area contributed by atoms with E-state index in [0.717, 1.165) is 13.2 Å². The van der Waals surface area contributed by atoms with Gasteiger partial charge in [-0.3, -0.25) is 0 Å². The molecule has 0 atom stereocenters. The lowest BCUT2D eigenvalue weighted by atomic mass is 9.83. The quantitative estimate of drug-likeness (QED) is 0.480. The third-order valence-corrected chi connectivity index (χ3v) is 4.81. The maximum absolute atomic E-state index is 5.80. The Bertz CT molecular complexity index is 245. The predicted molar refractivity (Wildman–Crippen MR) is 82.1 cm³/mol. The van der Waals surface area contributed by atoms with E-state index in [1.807, 2.05) is 0 Å². The van der Waals surface area contributed by atoms with E-state index in [0.29, 0.717) is 31.5 Å². The summed E-state index contributed by atoms with van der Waals surface area (Å²) >= 11 is 0. The Morgan fingerprint density at radius 2 is 1.29 bits per heavy atom. The predicted octanol–water partition coefficient (Wildman–Crippen LogP) is 3.74. The Morgan fingerprint density at radius 3 is 1.86 bits per heavy atom. The Hall–Kier alpha value is -0.160. The van der Waals surface area contributed by atoms with E-state index < -0.39 is 0 Å². The van der Waals surface area contributed by atoms with Gasteiger partial charge in [0.15, 0.2) is 0 Å². The number of hydrogen-bond donors (Lipinski definition) is 0. The highest BCUT2D eigenvalue weighted by Crippen LogP contribution is 2.29. The van der Waals surface area contributed by atoms with E-state index in [1.165, 1.54) is 57.8 Å². The van der Waals surface area contributed by atoms with Crippen molar-refractivity contribution in [1.82, 2.24) is 0 Å². The van der Waals surface area contributed by atoms with Crippen LogP contribution >= 0.6 is 0 Å². The van der Waals surface area contributed by atoms with Crippen molar-refractivity contribution in [2.75, 3.05) is 33.9 Å². The fraction of sp³-hybridized carbons (Fsp3) is 1.00. The monoisotopic (exact) mass is 300 g/mol. The number of hydrogen-bond acceptors (Lipinski definition) is 4. The van der Waals surface area contributed by atoms with Gasteiger partial charge in [0.1, 0.15) is 13.6 Å². The fourth-order valence-corrected chi connectivity index (χ4v) is 3.45. The van der Waals surface area contributed by atoms with Crippen LogP contribution in [0.25, 0.3) is 0 Å². The van der Waals surface area contributed by atoms with Crippen molar-refractivity contribution in [3.63, 3.8) is 0 Å². The number of rotatable bonds is 9. The van der Waals surface area contributed by atoms with Crippen molar-refractivity contribution in [2.24, 2.45) is 11.8 Å². The normalized spacial score (nSPS) is 27.9. The van der Waals surface area contributed by atoms with Gasteiger partial charge in [-0.2, -0.15) is 0 Å². The molecule has 2 aliphatic rings. The summed E-state index contributed by atoms with van der Waals surface area (Å²) in [6, 6.07) is 0. The van der Waals surface area contributed by atoms with Crippen LogP contribution in [0.2, 0.25) is 0 Å². The van der Waals surface area contributed by atoms with Crippen LogP contribution in [0.15, 0.2) is 0 Å². The summed E-state index contributed by atoms with van der Waals surface area (Å²) < 4.78 is 21.9. The van der Waals surface area contributed by atoms with E-state index in [2.05, 4.69) is 0 Å². The van der Waals surface area contributed by atoms with E-state index >= 15 is 0 Å². The summed E-state index contributed by atoms with van der Waals surface area (Å²) in [5.74, 6) is 1.41. The topological polar surface area (TPSA) is 36.9 Å². The first-order valence-corrected chi connectivity index (χ1v) is 8.64. The van der Waals surface area contributed by atoms with Crippen LogP contribution in [0.3, 0.4) is 0 Å². The average Bonchev–Trinajstić information content (AvgIpc) is 2.54. The van der Waals surface area contributed by atoms with Crippen LogP contribution in [0.4, 0.5) is 0 Å². The number of methoxy groups -OCH3 is 1. The minimum absolute atomic E-state index is 0.418. The van der Waals surface area contributed by atoms with Crippen LogP contribution < -0.4 is 0 Å². The summed E-state index contributed by atoms with van der Waals surface area (Å²) in [5.41, 5.74) is 0. The van der Waals surface area contributed by atoms with E-state index in [9.17, 15) is 0 Å². The van der Waals surface area contributed by atoms with Gasteiger partial charge in [-0.05, 0) is 50.4 Å². The molecule has 0 aromatic carbocycles. The van der Waals surface area contributed by atoms with E-state index in [1.54, 1.807) is 7.11 Å². The molecule has 0 heterocycles. The van der Waals surface area contributed by atoms with Crippen molar-refractivity contribution in [2.45, 2.75) is 63.9 Å². The zero-order chi connectivity index (χ0) is 14.8. The van der Waals surface area contributed by atoms with Crippen molar-refractivity contribution in [3.05, 3.63) is 0 Å². The van der Waals surface area contributed by atoms with Crippen LogP contribution in [0, 0.1) is 11.8 Å². The van der Waals surface area contributed by atoms with E-state index in [4.69, 9.17) is 18.9 Å². The summed E-state index contributed by atoms with van der Waals surface area (Å²) in [6.07, 6.45) is 11.9. The third kappa shape index (κ3) is 7.09. The van der Waals surface area contributed by atoms with Gasteiger partial charge < -0.3 is 18.9 Å². The van der Waals surface area contributed by atoms with Crippen LogP contribution in [-0.4, -0.2) is 40.0 Å². The summed E-state index contributed by atoms with van der Waals surface area (Å²) in [6.45, 7) is 2.60. The second kappa shape index (κ2) is 10.5. The molecule has 124 valence electrons. The van der Waals surface area contributed by atoms with Crippen LogP contribution in [0.1, 0.15) is 57.8 Å². The lowest BCUT2D eigenvalue weighted by molar-refractivity contribution is -0.109. The Morgan fingerprint density at radius 1 is 0.714 bits per heavy atom. The molecule has 4 heteroatoms. The highest BCUT2D eigenvalue weighted by atomic mass is 16.7. The van der Waals surface area contributed by atoms with Crippen molar-refractivity contribution >= 4 is 0 Å². The van der Waals surface area contributed by atoms with Gasteiger partial charge in [0, 0.05) is 7.11 Å². The van der Waals surface area contributed by atoms with Gasteiger partial charge >= 0.3 is 0 Å². The summed E-state index contributed by atoms with van der Waals surface area (Å²) in [4.78, 5) is 0. The van der Waals surface area contributed by atoms with Gasteiger partial charge in [0.25, 0.3) is 0 Å². The van der Waals surface area contributed by atoms with Gasteiger partial charge in [0.2, 0.25) is 0 Å². The lowest BCUT2D eigenvalue weighted by Gasteiger charge is -2.28. The first-order chi connectivity index (χ1) is 10.4. The molecule has 0 spiro atoms. The second-order valence-electron chi connectivity index (χ2n) is 6.58. The Labute approximate surface area is 129 Å². The van der Waals surface area contributed by atoms with Gasteiger partial charge in [-0.25, -0.2) is 0 Å². The molecule has 2 saturated carbocycles. The molecule has 4 nitrogen and oxygen atoms in total. The first kappa shape index (κ1) is 17.2. The molecule has 0 aromatic rings. The Balaban J connectivity index is 1.45. The second-order valence-corrected chi connectivity index (χ2v) is 6.58. The summed E-state index contributed by atoms with van der Waals surface area (Å²) in [7, 11) is 1.67. The van der Waals surface area contributed by atoms with Crippen LogP contribution in [-0.2, 0) is 18.9 Å². The average molecular weight is 300 g/mol. The molecule has 0 aromatic heterocycles. The molecular weight excluding hydrogens is 268 g/mol. The zero-order valence-electron chi connectivity index (χ0n) is 13.6. The lowest BCUT2D eigenvalue weighted by Crippen LogP contribution is -2.23. The minimum Gasteiger partial charge on any atom is -0.359 e. The van der Waals surface area contributed by atoms with Crippen LogP contribution in [0.5, 0.6) is 0 Å². The summed E-state index contributed by atoms with van der Waals surface area (Å²) in [5, 5.41) is 0. The molecule has 0 radical (unpaired) electrons. The Kier molecular flexibility index (Phi) is 8.64. The minimum atomic E-state index is 0.418. The molecule has 0 aliphatic heterocycles. The smallest absolute Gasteiger partial charge is 0.147 e. The molecule has 0 bridgehead atoms. The highest BCUT2D eigenvalue weighted by Gasteiger charge is 2.21. The molecule has 0 saturated heterocycles.